The molecule has 4 atom stereocenters. The molecule has 0 unspecified atom stereocenters. The highest BCUT2D eigenvalue weighted by Crippen LogP contribution is 2.38. The normalized spacial score (nSPS) is 26.8. The third-order valence-corrected chi connectivity index (χ3v) is 6.32. The largest absolute Gasteiger partial charge is 0.488 e. The van der Waals surface area contributed by atoms with Crippen LogP contribution in [0, 0.1) is 11.8 Å². The molecule has 2 aliphatic rings. The quantitative estimate of drug-likeness (QED) is 0.606. The van der Waals surface area contributed by atoms with Crippen molar-refractivity contribution in [2.45, 2.75) is 30.2 Å². The van der Waals surface area contributed by atoms with Crippen molar-refractivity contribution >= 4 is 29.3 Å². The first kappa shape index (κ1) is 19.5. The number of likely N-dealkylation sites (tertiary alicyclic amines) is 1. The number of thioether (sulfide) groups is 1. The molecule has 8 heteroatoms. The molecule has 1 saturated carbocycles. The monoisotopic (exact) mass is 419 g/mol. The molecule has 28 heavy (non-hydrogen) atoms. The molecule has 1 aromatic carbocycles. The SMILES string of the molecule is CSc1ncc(C(=O)N2C[C@H]3C[C@@H](Oc4cccc(Cl)c4)[C@H](O)C[C@H]3C2)cn1. The maximum Gasteiger partial charge on any atom is 0.257 e. The van der Waals surface area contributed by atoms with Gasteiger partial charge in [-0.15, -0.1) is 0 Å². The summed E-state index contributed by atoms with van der Waals surface area (Å²) in [5, 5.41) is 11.8. The van der Waals surface area contributed by atoms with Crippen molar-refractivity contribution in [2.24, 2.45) is 11.8 Å². The maximum absolute atomic E-state index is 12.8. The number of ether oxygens (including phenoxy) is 1. The number of carbonyl (C=O) groups excluding carboxylic acids is 1. The molecule has 0 radical (unpaired) electrons. The summed E-state index contributed by atoms with van der Waals surface area (Å²) < 4.78 is 6.00. The van der Waals surface area contributed by atoms with E-state index in [1.807, 2.05) is 23.3 Å². The molecule has 2 aromatic rings. The fourth-order valence-corrected chi connectivity index (χ4v) is 4.61. The predicted octanol–water partition coefficient (Wildman–Crippen LogP) is 3.14. The molecule has 4 rings (SSSR count). The number of aliphatic hydroxyl groups is 1. The molecule has 0 spiro atoms. The van der Waals surface area contributed by atoms with Crippen LogP contribution in [0.3, 0.4) is 0 Å². The van der Waals surface area contributed by atoms with Crippen LogP contribution in [0.15, 0.2) is 41.8 Å². The van der Waals surface area contributed by atoms with Crippen molar-refractivity contribution in [3.8, 4) is 5.75 Å². The summed E-state index contributed by atoms with van der Waals surface area (Å²) >= 11 is 7.46. The molecule has 1 aromatic heterocycles. The maximum atomic E-state index is 12.8. The van der Waals surface area contributed by atoms with Gasteiger partial charge in [-0.3, -0.25) is 4.79 Å². The number of amides is 1. The van der Waals surface area contributed by atoms with Crippen molar-refractivity contribution in [3.05, 3.63) is 47.2 Å². The number of fused-ring (bicyclic) bond motifs is 1. The van der Waals surface area contributed by atoms with Gasteiger partial charge in [0.15, 0.2) is 5.16 Å². The average Bonchev–Trinajstić information content (AvgIpc) is 3.10. The van der Waals surface area contributed by atoms with Gasteiger partial charge < -0.3 is 14.7 Å². The molecule has 0 bridgehead atoms. The number of carbonyl (C=O) groups is 1. The standard InChI is InChI=1S/C20H22ClN3O3S/c1-28-20-22-8-14(9-23-20)19(26)24-10-12-5-17(25)18(6-13(12)11-24)27-16-4-2-3-15(21)7-16/h2-4,7-9,12-13,17-18,25H,5-6,10-11H2,1H3/t12-,13+,17+,18+/m0/s1. The highest BCUT2D eigenvalue weighted by molar-refractivity contribution is 7.98. The Morgan fingerprint density at radius 1 is 1.25 bits per heavy atom. The number of nitrogens with zero attached hydrogens (tertiary/aromatic N) is 3. The van der Waals surface area contributed by atoms with Gasteiger partial charge in [0.05, 0.1) is 11.7 Å². The highest BCUT2D eigenvalue weighted by Gasteiger charge is 2.44. The topological polar surface area (TPSA) is 75.6 Å². The molecule has 6 nitrogen and oxygen atoms in total. The molecular weight excluding hydrogens is 398 g/mol. The number of rotatable bonds is 4. The van der Waals surface area contributed by atoms with Crippen LogP contribution < -0.4 is 4.74 Å². The molecule has 1 aliphatic heterocycles. The minimum absolute atomic E-state index is 0.0520. The van der Waals surface area contributed by atoms with E-state index in [1.165, 1.54) is 11.8 Å². The Kier molecular flexibility index (Phi) is 5.75. The van der Waals surface area contributed by atoms with Crippen LogP contribution in [0.4, 0.5) is 0 Å². The fraction of sp³-hybridized carbons (Fsp3) is 0.450. The minimum atomic E-state index is -0.556. The first-order chi connectivity index (χ1) is 13.5. The van der Waals surface area contributed by atoms with Gasteiger partial charge in [0.25, 0.3) is 5.91 Å². The zero-order chi connectivity index (χ0) is 19.7. The average molecular weight is 420 g/mol. The molecule has 1 saturated heterocycles. The minimum Gasteiger partial charge on any atom is -0.488 e. The lowest BCUT2D eigenvalue weighted by Gasteiger charge is -2.35. The van der Waals surface area contributed by atoms with Gasteiger partial charge in [0, 0.05) is 30.5 Å². The number of aromatic nitrogens is 2. The molecular formula is C20H22ClN3O3S. The third kappa shape index (κ3) is 4.11. The summed E-state index contributed by atoms with van der Waals surface area (Å²) in [5.74, 6) is 1.20. The van der Waals surface area contributed by atoms with E-state index < -0.39 is 6.10 Å². The lowest BCUT2D eigenvalue weighted by molar-refractivity contribution is -0.0231. The van der Waals surface area contributed by atoms with Gasteiger partial charge in [-0.1, -0.05) is 29.4 Å². The van der Waals surface area contributed by atoms with Gasteiger partial charge >= 0.3 is 0 Å². The Hall–Kier alpha value is -1.83. The summed E-state index contributed by atoms with van der Waals surface area (Å²) in [6.07, 6.45) is 5.56. The van der Waals surface area contributed by atoms with Crippen LogP contribution in [-0.2, 0) is 0 Å². The molecule has 2 heterocycles. The fourth-order valence-electron chi connectivity index (χ4n) is 4.11. The summed E-state index contributed by atoms with van der Waals surface area (Å²) in [7, 11) is 0. The Morgan fingerprint density at radius 2 is 1.96 bits per heavy atom. The second-order valence-electron chi connectivity index (χ2n) is 7.34. The van der Waals surface area contributed by atoms with Crippen LogP contribution in [0.1, 0.15) is 23.2 Å². The Balaban J connectivity index is 1.41. The molecule has 1 aliphatic carbocycles. The first-order valence-electron chi connectivity index (χ1n) is 9.29. The Morgan fingerprint density at radius 3 is 2.64 bits per heavy atom. The third-order valence-electron chi connectivity index (χ3n) is 5.51. The van der Waals surface area contributed by atoms with Crippen molar-refractivity contribution in [3.63, 3.8) is 0 Å². The molecule has 2 fully saturated rings. The van der Waals surface area contributed by atoms with Crippen LogP contribution in [-0.4, -0.2) is 57.4 Å². The van der Waals surface area contributed by atoms with E-state index in [2.05, 4.69) is 9.97 Å². The van der Waals surface area contributed by atoms with Crippen LogP contribution >= 0.6 is 23.4 Å². The van der Waals surface area contributed by atoms with E-state index in [1.54, 1.807) is 24.5 Å². The second-order valence-corrected chi connectivity index (χ2v) is 8.55. The van der Waals surface area contributed by atoms with Gasteiger partial charge in [0.2, 0.25) is 0 Å². The van der Waals surface area contributed by atoms with Crippen LogP contribution in [0.25, 0.3) is 0 Å². The summed E-state index contributed by atoms with van der Waals surface area (Å²) in [6, 6.07) is 7.21. The van der Waals surface area contributed by atoms with Gasteiger partial charge in [-0.25, -0.2) is 9.97 Å². The van der Waals surface area contributed by atoms with Gasteiger partial charge in [-0.2, -0.15) is 0 Å². The van der Waals surface area contributed by atoms with Crippen molar-refractivity contribution < 1.29 is 14.6 Å². The highest BCUT2D eigenvalue weighted by atomic mass is 35.5. The predicted molar refractivity (Wildman–Crippen MR) is 108 cm³/mol. The summed E-state index contributed by atoms with van der Waals surface area (Å²) in [5.41, 5.74) is 0.503. The van der Waals surface area contributed by atoms with Crippen molar-refractivity contribution in [1.82, 2.24) is 14.9 Å². The van der Waals surface area contributed by atoms with Crippen molar-refractivity contribution in [1.29, 1.82) is 0 Å². The zero-order valence-corrected chi connectivity index (χ0v) is 17.1. The number of hydrogen-bond acceptors (Lipinski definition) is 6. The molecule has 1 amide bonds. The van der Waals surface area contributed by atoms with E-state index in [0.717, 1.165) is 0 Å². The smallest absolute Gasteiger partial charge is 0.257 e. The van der Waals surface area contributed by atoms with E-state index in [4.69, 9.17) is 16.3 Å². The number of hydrogen-bond donors (Lipinski definition) is 1. The van der Waals surface area contributed by atoms with Crippen molar-refractivity contribution in [2.75, 3.05) is 19.3 Å². The Labute approximate surface area is 173 Å². The van der Waals surface area contributed by atoms with Crippen LogP contribution in [0.5, 0.6) is 5.75 Å². The Bertz CT molecular complexity index is 851. The molecule has 148 valence electrons. The second kappa shape index (κ2) is 8.27. The number of aliphatic hydroxyl groups excluding tert-OH is 1. The summed E-state index contributed by atoms with van der Waals surface area (Å²) in [4.78, 5) is 23.0. The van der Waals surface area contributed by atoms with Crippen LogP contribution in [0.2, 0.25) is 5.02 Å². The first-order valence-corrected chi connectivity index (χ1v) is 10.9. The van der Waals surface area contributed by atoms with Gasteiger partial charge in [-0.05, 0) is 49.1 Å². The van der Waals surface area contributed by atoms with E-state index in [0.29, 0.717) is 53.3 Å². The van der Waals surface area contributed by atoms with E-state index in [-0.39, 0.29) is 17.9 Å². The lowest BCUT2D eigenvalue weighted by Crippen LogP contribution is -2.42. The lowest BCUT2D eigenvalue weighted by atomic mass is 9.78. The zero-order valence-electron chi connectivity index (χ0n) is 15.5. The number of halogens is 1. The van der Waals surface area contributed by atoms with E-state index in [9.17, 15) is 9.90 Å². The number of benzene rings is 1. The van der Waals surface area contributed by atoms with E-state index >= 15 is 0 Å². The summed E-state index contributed by atoms with van der Waals surface area (Å²) in [6.45, 7) is 1.31. The molecule has 1 N–H and O–H groups in total. The van der Waals surface area contributed by atoms with Gasteiger partial charge in [0.1, 0.15) is 11.9 Å².